The molecular formula is C13H12O5. The molecule has 0 spiro atoms. The van der Waals surface area contributed by atoms with Crippen molar-refractivity contribution in [1.29, 1.82) is 0 Å². The lowest BCUT2D eigenvalue weighted by Crippen LogP contribution is -2.21. The van der Waals surface area contributed by atoms with Crippen LogP contribution in [0.25, 0.3) is 0 Å². The van der Waals surface area contributed by atoms with E-state index in [1.807, 2.05) is 0 Å². The fourth-order valence-corrected chi connectivity index (χ4v) is 2.08. The second kappa shape index (κ2) is 4.60. The molecule has 1 aromatic carbocycles. The molecule has 1 atom stereocenters. The zero-order valence-electron chi connectivity index (χ0n) is 10.1. The van der Waals surface area contributed by atoms with Crippen LogP contribution in [0.4, 0.5) is 0 Å². The molecule has 1 aliphatic rings. The quantitative estimate of drug-likeness (QED) is 0.577. The summed E-state index contributed by atoms with van der Waals surface area (Å²) in [6.45, 7) is 0. The molecule has 0 fully saturated rings. The van der Waals surface area contributed by atoms with Crippen molar-refractivity contribution in [2.45, 2.75) is 6.42 Å². The Kier molecular flexibility index (Phi) is 3.14. The minimum atomic E-state index is -0.794. The number of carbonyl (C=O) groups is 3. The van der Waals surface area contributed by atoms with Crippen molar-refractivity contribution in [1.82, 2.24) is 0 Å². The molecule has 0 aromatic heterocycles. The van der Waals surface area contributed by atoms with Crippen LogP contribution in [-0.4, -0.2) is 31.9 Å². The van der Waals surface area contributed by atoms with Crippen molar-refractivity contribution in [2.24, 2.45) is 5.92 Å². The van der Waals surface area contributed by atoms with E-state index in [0.29, 0.717) is 16.7 Å². The van der Waals surface area contributed by atoms with Gasteiger partial charge in [0.05, 0.1) is 19.8 Å². The van der Waals surface area contributed by atoms with Gasteiger partial charge in [-0.15, -0.1) is 0 Å². The van der Waals surface area contributed by atoms with Gasteiger partial charge in [0.15, 0.2) is 5.78 Å². The fourth-order valence-electron chi connectivity index (χ4n) is 2.08. The average Bonchev–Trinajstić information content (AvgIpc) is 2.73. The predicted octanol–water partition coefficient (Wildman–Crippen LogP) is 1.00. The molecule has 0 aliphatic heterocycles. The van der Waals surface area contributed by atoms with Crippen LogP contribution in [0, 0.1) is 5.92 Å². The monoisotopic (exact) mass is 248 g/mol. The van der Waals surface area contributed by atoms with Crippen LogP contribution in [0.5, 0.6) is 0 Å². The largest absolute Gasteiger partial charge is 0.468 e. The summed E-state index contributed by atoms with van der Waals surface area (Å²) >= 11 is 0. The number of carbonyl (C=O) groups excluding carboxylic acids is 3. The van der Waals surface area contributed by atoms with Gasteiger partial charge in [0.1, 0.15) is 5.92 Å². The summed E-state index contributed by atoms with van der Waals surface area (Å²) in [5, 5.41) is 0. The normalized spacial score (nSPS) is 17.2. The Hall–Kier alpha value is -2.17. The van der Waals surface area contributed by atoms with Crippen LogP contribution in [0.3, 0.4) is 0 Å². The minimum absolute atomic E-state index is 0.256. The van der Waals surface area contributed by atoms with E-state index in [2.05, 4.69) is 9.47 Å². The van der Waals surface area contributed by atoms with Gasteiger partial charge in [-0.1, -0.05) is 6.07 Å². The molecule has 1 aromatic rings. The first kappa shape index (κ1) is 12.3. The van der Waals surface area contributed by atoms with E-state index in [1.54, 1.807) is 12.1 Å². The summed E-state index contributed by atoms with van der Waals surface area (Å²) in [6.07, 6.45) is 0.270. The summed E-state index contributed by atoms with van der Waals surface area (Å²) < 4.78 is 9.19. The van der Waals surface area contributed by atoms with Gasteiger partial charge in [-0.25, -0.2) is 4.79 Å². The van der Waals surface area contributed by atoms with Gasteiger partial charge in [-0.05, 0) is 24.1 Å². The van der Waals surface area contributed by atoms with Crippen LogP contribution >= 0.6 is 0 Å². The number of esters is 2. The van der Waals surface area contributed by atoms with Gasteiger partial charge in [0.2, 0.25) is 0 Å². The van der Waals surface area contributed by atoms with Gasteiger partial charge in [-0.2, -0.15) is 0 Å². The molecule has 0 radical (unpaired) electrons. The molecule has 0 saturated heterocycles. The lowest BCUT2D eigenvalue weighted by Gasteiger charge is -2.03. The van der Waals surface area contributed by atoms with Crippen LogP contribution in [0.1, 0.15) is 26.3 Å². The fraction of sp³-hybridized carbons (Fsp3) is 0.308. The summed E-state index contributed by atoms with van der Waals surface area (Å²) in [7, 11) is 2.54. The van der Waals surface area contributed by atoms with E-state index in [1.165, 1.54) is 20.3 Å². The molecule has 0 heterocycles. The van der Waals surface area contributed by atoms with Gasteiger partial charge in [0, 0.05) is 5.56 Å². The molecule has 5 heteroatoms. The molecule has 94 valence electrons. The highest BCUT2D eigenvalue weighted by atomic mass is 16.5. The topological polar surface area (TPSA) is 69.7 Å². The third-order valence-electron chi connectivity index (χ3n) is 3.02. The highest BCUT2D eigenvalue weighted by Gasteiger charge is 2.36. The minimum Gasteiger partial charge on any atom is -0.468 e. The van der Waals surface area contributed by atoms with Gasteiger partial charge < -0.3 is 9.47 Å². The molecule has 1 aliphatic carbocycles. The molecule has 0 bridgehead atoms. The lowest BCUT2D eigenvalue weighted by molar-refractivity contribution is -0.143. The second-order valence-electron chi connectivity index (χ2n) is 4.01. The number of hydrogen-bond acceptors (Lipinski definition) is 5. The Morgan fingerprint density at radius 3 is 2.56 bits per heavy atom. The molecule has 2 rings (SSSR count). The maximum absolute atomic E-state index is 11.9. The highest BCUT2D eigenvalue weighted by Crippen LogP contribution is 2.28. The summed E-state index contributed by atoms with van der Waals surface area (Å²) in [5.74, 6) is -2.06. The zero-order valence-corrected chi connectivity index (χ0v) is 10.1. The number of hydrogen-bond donors (Lipinski definition) is 0. The molecular weight excluding hydrogens is 236 g/mol. The number of ether oxygens (including phenoxy) is 2. The summed E-state index contributed by atoms with van der Waals surface area (Å²) in [6, 6.07) is 4.65. The van der Waals surface area contributed by atoms with Crippen molar-refractivity contribution >= 4 is 17.7 Å². The van der Waals surface area contributed by atoms with E-state index in [0.717, 1.165) is 0 Å². The maximum atomic E-state index is 11.9. The van der Waals surface area contributed by atoms with E-state index < -0.39 is 17.9 Å². The Bertz CT molecular complexity index is 532. The van der Waals surface area contributed by atoms with Gasteiger partial charge in [0.25, 0.3) is 0 Å². The molecule has 0 amide bonds. The second-order valence-corrected chi connectivity index (χ2v) is 4.01. The van der Waals surface area contributed by atoms with Crippen LogP contribution in [0.2, 0.25) is 0 Å². The molecule has 0 unspecified atom stereocenters. The third-order valence-corrected chi connectivity index (χ3v) is 3.02. The number of fused-ring (bicyclic) bond motifs is 1. The number of benzene rings is 1. The van der Waals surface area contributed by atoms with Crippen molar-refractivity contribution in [3.05, 3.63) is 34.9 Å². The highest BCUT2D eigenvalue weighted by molar-refractivity contribution is 6.12. The third kappa shape index (κ3) is 1.88. The predicted molar refractivity (Wildman–Crippen MR) is 61.3 cm³/mol. The van der Waals surface area contributed by atoms with Crippen molar-refractivity contribution < 1.29 is 23.9 Å². The lowest BCUT2D eigenvalue weighted by atomic mass is 10.1. The van der Waals surface area contributed by atoms with E-state index >= 15 is 0 Å². The Balaban J connectivity index is 2.34. The average molecular weight is 248 g/mol. The number of ketones is 1. The van der Waals surface area contributed by atoms with E-state index in [9.17, 15) is 14.4 Å². The van der Waals surface area contributed by atoms with Crippen molar-refractivity contribution in [3.8, 4) is 0 Å². The first-order chi connectivity index (χ1) is 8.58. The maximum Gasteiger partial charge on any atom is 0.337 e. The zero-order chi connectivity index (χ0) is 13.3. The molecule has 0 saturated carbocycles. The molecule has 5 nitrogen and oxygen atoms in total. The first-order valence-electron chi connectivity index (χ1n) is 5.41. The van der Waals surface area contributed by atoms with Crippen molar-refractivity contribution in [2.75, 3.05) is 14.2 Å². The summed E-state index contributed by atoms with van der Waals surface area (Å²) in [4.78, 5) is 34.7. The van der Waals surface area contributed by atoms with Gasteiger partial charge in [-0.3, -0.25) is 9.59 Å². The van der Waals surface area contributed by atoms with Gasteiger partial charge >= 0.3 is 11.9 Å². The molecule has 0 N–H and O–H groups in total. The van der Waals surface area contributed by atoms with Crippen LogP contribution < -0.4 is 0 Å². The first-order valence-corrected chi connectivity index (χ1v) is 5.41. The summed E-state index contributed by atoms with van der Waals surface area (Å²) in [5.41, 5.74) is 1.52. The number of Topliss-reactive ketones (excluding diaryl/α,β-unsaturated/α-hetero) is 1. The number of methoxy groups -OCH3 is 2. The standard InChI is InChI=1S/C13H12O5/c1-17-12(15)7-3-4-9-8(5-7)6-10(11(9)14)13(16)18-2/h3-5,10H,6H2,1-2H3/t10-/m0/s1. The van der Waals surface area contributed by atoms with Crippen LogP contribution in [-0.2, 0) is 20.7 Å². The van der Waals surface area contributed by atoms with Crippen LogP contribution in [0.15, 0.2) is 18.2 Å². The van der Waals surface area contributed by atoms with E-state index in [4.69, 9.17) is 0 Å². The van der Waals surface area contributed by atoms with E-state index in [-0.39, 0.29) is 12.2 Å². The number of rotatable bonds is 2. The smallest absolute Gasteiger partial charge is 0.337 e. The SMILES string of the molecule is COC(=O)c1ccc2c(c1)C[C@H](C(=O)OC)C2=O. The molecule has 18 heavy (non-hydrogen) atoms. The Morgan fingerprint density at radius 2 is 1.94 bits per heavy atom. The Labute approximate surface area is 104 Å². The van der Waals surface area contributed by atoms with Crippen molar-refractivity contribution in [3.63, 3.8) is 0 Å². The Morgan fingerprint density at radius 1 is 1.22 bits per heavy atom.